The van der Waals surface area contributed by atoms with Crippen LogP contribution in [0.5, 0.6) is 0 Å². The van der Waals surface area contributed by atoms with Gasteiger partial charge in [0, 0.05) is 23.8 Å². The molecule has 0 spiro atoms. The van der Waals surface area contributed by atoms with Gasteiger partial charge in [-0.1, -0.05) is 33.3 Å². The average Bonchev–Trinajstić information content (AvgIpc) is 2.85. The zero-order valence-corrected chi connectivity index (χ0v) is 25.0. The van der Waals surface area contributed by atoms with E-state index in [1.165, 1.54) is 6.92 Å². The van der Waals surface area contributed by atoms with Gasteiger partial charge in [0.05, 0.1) is 17.8 Å². The van der Waals surface area contributed by atoms with Gasteiger partial charge in [0.1, 0.15) is 5.78 Å². The van der Waals surface area contributed by atoms with Crippen molar-refractivity contribution >= 4 is 17.3 Å². The summed E-state index contributed by atoms with van der Waals surface area (Å²) in [7, 11) is 0. The Kier molecular flexibility index (Phi) is 7.59. The smallest absolute Gasteiger partial charge is 0.173 e. The van der Waals surface area contributed by atoms with Crippen LogP contribution in [0.2, 0.25) is 0 Å². The maximum Gasteiger partial charge on any atom is 0.173 e. The lowest BCUT2D eigenvalue weighted by Gasteiger charge is -2.66. The number of ketones is 3. The fraction of sp³-hybridized carbons (Fsp3) is 0.848. The van der Waals surface area contributed by atoms with E-state index in [1.807, 2.05) is 13.8 Å². The monoisotopic (exact) mass is 541 g/mol. The zero-order chi connectivity index (χ0) is 28.5. The standard InChI is InChI=1S/C33H51NO5/c1-18-14-32(5)17-31(4)15-23-21(9-11-24(36)22-8-7-13-34-16-22)10-12-25(37)27(23)29(38)28(31)19(2)33(32,6)30(39)26(18)20(3)35/h19,21-25,27-28,34,36-37H,7-17H2,1-6H3/t19?,21?,22?,23?,24?,25?,27?,28?,31-,32+,33+/m0/s1. The van der Waals surface area contributed by atoms with E-state index in [4.69, 9.17) is 0 Å². The average molecular weight is 542 g/mol. The Labute approximate surface area is 234 Å². The summed E-state index contributed by atoms with van der Waals surface area (Å²) in [6, 6.07) is 0. The summed E-state index contributed by atoms with van der Waals surface area (Å²) in [5.74, 6) is -0.291. The molecule has 0 radical (unpaired) electrons. The fourth-order valence-electron chi connectivity index (χ4n) is 10.8. The molecule has 0 amide bonds. The maximum absolute atomic E-state index is 14.5. The maximum atomic E-state index is 14.5. The molecule has 6 nitrogen and oxygen atoms in total. The van der Waals surface area contributed by atoms with E-state index in [2.05, 4.69) is 26.1 Å². The minimum atomic E-state index is -0.794. The van der Waals surface area contributed by atoms with Gasteiger partial charge in [0.15, 0.2) is 11.6 Å². The van der Waals surface area contributed by atoms with E-state index in [0.29, 0.717) is 30.3 Å². The predicted molar refractivity (Wildman–Crippen MR) is 151 cm³/mol. The van der Waals surface area contributed by atoms with E-state index >= 15 is 0 Å². The van der Waals surface area contributed by atoms with Crippen molar-refractivity contribution in [2.24, 2.45) is 51.8 Å². The Morgan fingerprint density at radius 3 is 2.51 bits per heavy atom. The third kappa shape index (κ3) is 4.43. The van der Waals surface area contributed by atoms with Crippen LogP contribution in [0.25, 0.3) is 0 Å². The second-order valence-electron chi connectivity index (χ2n) is 15.0. The molecule has 3 saturated carbocycles. The molecule has 39 heavy (non-hydrogen) atoms. The van der Waals surface area contributed by atoms with Crippen LogP contribution in [-0.2, 0) is 14.4 Å². The van der Waals surface area contributed by atoms with Gasteiger partial charge in [0.2, 0.25) is 0 Å². The Bertz CT molecular complexity index is 1060. The second kappa shape index (κ2) is 10.2. The number of carbonyl (C=O) groups is 3. The van der Waals surface area contributed by atoms with Crippen molar-refractivity contribution in [2.75, 3.05) is 13.1 Å². The van der Waals surface area contributed by atoms with Crippen LogP contribution in [0.3, 0.4) is 0 Å². The molecule has 218 valence electrons. The lowest BCUT2D eigenvalue weighted by atomic mass is 9.36. The summed E-state index contributed by atoms with van der Waals surface area (Å²) in [6.07, 6.45) is 6.74. The number of aliphatic hydroxyl groups is 2. The highest BCUT2D eigenvalue weighted by Gasteiger charge is 2.69. The molecule has 5 rings (SSSR count). The van der Waals surface area contributed by atoms with Crippen LogP contribution >= 0.6 is 0 Å². The number of hydrogen-bond acceptors (Lipinski definition) is 6. The molecule has 5 aliphatic rings. The summed E-state index contributed by atoms with van der Waals surface area (Å²) in [5.41, 5.74) is -0.161. The first kappa shape index (κ1) is 29.1. The van der Waals surface area contributed by atoms with Crippen molar-refractivity contribution in [3.05, 3.63) is 11.1 Å². The van der Waals surface area contributed by atoms with E-state index in [9.17, 15) is 24.6 Å². The third-order valence-corrected chi connectivity index (χ3v) is 12.7. The molecule has 11 atom stereocenters. The first-order valence-corrected chi connectivity index (χ1v) is 15.6. The van der Waals surface area contributed by atoms with E-state index in [-0.39, 0.29) is 52.0 Å². The number of fused-ring (bicyclic) bond motifs is 3. The van der Waals surface area contributed by atoms with Gasteiger partial charge < -0.3 is 15.5 Å². The van der Waals surface area contributed by atoms with Gasteiger partial charge in [-0.15, -0.1) is 0 Å². The predicted octanol–water partition coefficient (Wildman–Crippen LogP) is 4.66. The molecule has 1 saturated heterocycles. The molecule has 0 aromatic rings. The van der Waals surface area contributed by atoms with Crippen molar-refractivity contribution in [3.63, 3.8) is 0 Å². The number of aliphatic hydroxyl groups excluding tert-OH is 2. The van der Waals surface area contributed by atoms with Gasteiger partial charge >= 0.3 is 0 Å². The van der Waals surface area contributed by atoms with Crippen molar-refractivity contribution in [1.29, 1.82) is 0 Å². The van der Waals surface area contributed by atoms with Crippen LogP contribution in [0.4, 0.5) is 0 Å². The van der Waals surface area contributed by atoms with E-state index in [0.717, 1.165) is 63.6 Å². The van der Waals surface area contributed by atoms with Gasteiger partial charge in [-0.3, -0.25) is 14.4 Å². The summed E-state index contributed by atoms with van der Waals surface area (Å²) >= 11 is 0. The Morgan fingerprint density at radius 1 is 1.15 bits per heavy atom. The molecule has 1 heterocycles. The fourth-order valence-corrected chi connectivity index (χ4v) is 10.8. The SMILES string of the molecule is CC(=O)C1=C(C)C[C@]2(C)C[C@]3(C)CC4C(CCC(O)C5CCCNC5)CCC(O)C4C(=O)C3C(C)[C@]2(C)C1=O. The van der Waals surface area contributed by atoms with Crippen molar-refractivity contribution < 1.29 is 24.6 Å². The summed E-state index contributed by atoms with van der Waals surface area (Å²) in [4.78, 5) is 41.0. The van der Waals surface area contributed by atoms with Crippen LogP contribution < -0.4 is 5.32 Å². The quantitative estimate of drug-likeness (QED) is 0.438. The number of hydrogen-bond donors (Lipinski definition) is 3. The largest absolute Gasteiger partial charge is 0.393 e. The number of nitrogens with one attached hydrogen (secondary N) is 1. The Hall–Kier alpha value is -1.37. The zero-order valence-electron chi connectivity index (χ0n) is 25.0. The highest BCUT2D eigenvalue weighted by molar-refractivity contribution is 6.22. The first-order chi connectivity index (χ1) is 18.2. The minimum absolute atomic E-state index is 0.0843. The first-order valence-electron chi connectivity index (χ1n) is 15.6. The number of carbonyl (C=O) groups excluding carboxylic acids is 3. The molecular formula is C33H51NO5. The number of Topliss-reactive ketones (excluding diaryl/α,β-unsaturated/α-hetero) is 3. The normalized spacial score (nSPS) is 47.2. The lowest BCUT2D eigenvalue weighted by Crippen LogP contribution is -2.67. The summed E-state index contributed by atoms with van der Waals surface area (Å²) < 4.78 is 0. The minimum Gasteiger partial charge on any atom is -0.393 e. The van der Waals surface area contributed by atoms with Crippen LogP contribution in [0.15, 0.2) is 11.1 Å². The van der Waals surface area contributed by atoms with Gasteiger partial charge in [-0.05, 0) is 113 Å². The highest BCUT2D eigenvalue weighted by Crippen LogP contribution is 2.70. The van der Waals surface area contributed by atoms with Crippen LogP contribution in [0, 0.1) is 51.8 Å². The van der Waals surface area contributed by atoms with Gasteiger partial charge in [-0.25, -0.2) is 0 Å². The number of piperidine rings is 1. The number of rotatable bonds is 5. The molecular weight excluding hydrogens is 490 g/mol. The van der Waals surface area contributed by atoms with E-state index < -0.39 is 17.4 Å². The van der Waals surface area contributed by atoms with Crippen molar-refractivity contribution in [3.8, 4) is 0 Å². The van der Waals surface area contributed by atoms with Gasteiger partial charge in [-0.2, -0.15) is 0 Å². The molecule has 0 aromatic carbocycles. The molecule has 6 heteroatoms. The molecule has 4 fully saturated rings. The second-order valence-corrected chi connectivity index (χ2v) is 15.0. The van der Waals surface area contributed by atoms with Crippen LogP contribution in [-0.4, -0.2) is 52.9 Å². The number of allylic oxidation sites excluding steroid dienone is 2. The van der Waals surface area contributed by atoms with Gasteiger partial charge in [0.25, 0.3) is 0 Å². The molecule has 0 bridgehead atoms. The molecule has 8 unspecified atom stereocenters. The topological polar surface area (TPSA) is 104 Å². The molecule has 0 aromatic heterocycles. The van der Waals surface area contributed by atoms with Crippen molar-refractivity contribution in [1.82, 2.24) is 5.32 Å². The third-order valence-electron chi connectivity index (χ3n) is 12.7. The summed E-state index contributed by atoms with van der Waals surface area (Å²) in [5, 5.41) is 25.6. The van der Waals surface area contributed by atoms with Crippen LogP contribution in [0.1, 0.15) is 99.3 Å². The van der Waals surface area contributed by atoms with E-state index in [1.54, 1.807) is 0 Å². The highest BCUT2D eigenvalue weighted by atomic mass is 16.3. The summed E-state index contributed by atoms with van der Waals surface area (Å²) in [6.45, 7) is 13.9. The Morgan fingerprint density at radius 2 is 1.87 bits per heavy atom. The molecule has 3 N–H and O–H groups in total. The molecule has 1 aliphatic heterocycles. The van der Waals surface area contributed by atoms with Crippen molar-refractivity contribution in [2.45, 2.75) is 112 Å². The lowest BCUT2D eigenvalue weighted by molar-refractivity contribution is -0.192. The molecule has 4 aliphatic carbocycles. The Balaban J connectivity index is 1.44.